The van der Waals surface area contributed by atoms with Gasteiger partial charge in [-0.2, -0.15) is 0 Å². The zero-order chi connectivity index (χ0) is 21.8. The standard InChI is InChI=1S/C26H35NO4/c1-17(2)12-19-13-22(14-19)26-24(20-8-9-20)25(27-31-26)21(15-23(28)29)10-11-30-16-18-6-4-3-5-7-18/h3-7,17,19-22H,8-16H2,1-2H3,(H,28,29). The Morgan fingerprint density at radius 1 is 1.19 bits per heavy atom. The summed E-state index contributed by atoms with van der Waals surface area (Å²) in [5.74, 6) is 2.58. The third-order valence-electron chi connectivity index (χ3n) is 6.71. The number of aromatic nitrogens is 1. The van der Waals surface area contributed by atoms with Crippen LogP contribution in [0.1, 0.15) is 99.1 Å². The third-order valence-corrected chi connectivity index (χ3v) is 6.71. The smallest absolute Gasteiger partial charge is 0.304 e. The summed E-state index contributed by atoms with van der Waals surface area (Å²) in [7, 11) is 0. The molecule has 2 saturated carbocycles. The van der Waals surface area contributed by atoms with E-state index in [2.05, 4.69) is 19.0 Å². The number of hydrogen-bond donors (Lipinski definition) is 1. The maximum Gasteiger partial charge on any atom is 0.304 e. The fourth-order valence-corrected chi connectivity index (χ4v) is 5.04. The molecule has 1 N–H and O–H groups in total. The minimum atomic E-state index is -0.792. The van der Waals surface area contributed by atoms with Crippen molar-refractivity contribution in [2.75, 3.05) is 6.61 Å². The number of aliphatic carboxylic acids is 1. The summed E-state index contributed by atoms with van der Waals surface area (Å²) in [5.41, 5.74) is 3.25. The highest BCUT2D eigenvalue weighted by atomic mass is 16.5. The second-order valence-electron chi connectivity index (χ2n) is 9.91. The van der Waals surface area contributed by atoms with Crippen LogP contribution in [0.3, 0.4) is 0 Å². The first-order valence-corrected chi connectivity index (χ1v) is 11.8. The first kappa shape index (κ1) is 22.1. The summed E-state index contributed by atoms with van der Waals surface area (Å²) in [6.45, 7) is 5.62. The van der Waals surface area contributed by atoms with Gasteiger partial charge in [0.25, 0.3) is 0 Å². The van der Waals surface area contributed by atoms with Gasteiger partial charge in [0.1, 0.15) is 5.76 Å². The van der Waals surface area contributed by atoms with Crippen LogP contribution in [0, 0.1) is 11.8 Å². The van der Waals surface area contributed by atoms with E-state index in [9.17, 15) is 9.90 Å². The van der Waals surface area contributed by atoms with Crippen molar-refractivity contribution < 1.29 is 19.2 Å². The van der Waals surface area contributed by atoms with Gasteiger partial charge in [0.2, 0.25) is 0 Å². The molecular weight excluding hydrogens is 390 g/mol. The van der Waals surface area contributed by atoms with Crippen molar-refractivity contribution in [3.05, 3.63) is 52.9 Å². The van der Waals surface area contributed by atoms with Gasteiger partial charge in [-0.1, -0.05) is 49.3 Å². The molecule has 5 heteroatoms. The van der Waals surface area contributed by atoms with Crippen molar-refractivity contribution in [1.29, 1.82) is 0 Å². The normalized spacial score (nSPS) is 21.8. The molecule has 1 unspecified atom stereocenters. The van der Waals surface area contributed by atoms with Crippen LogP contribution in [0.25, 0.3) is 0 Å². The molecule has 168 valence electrons. The van der Waals surface area contributed by atoms with Crippen LogP contribution < -0.4 is 0 Å². The van der Waals surface area contributed by atoms with E-state index in [4.69, 9.17) is 9.26 Å². The minimum Gasteiger partial charge on any atom is -0.481 e. The van der Waals surface area contributed by atoms with Gasteiger partial charge >= 0.3 is 5.97 Å². The average Bonchev–Trinajstić information content (AvgIpc) is 3.46. The number of carboxylic acids is 1. The Morgan fingerprint density at radius 3 is 2.58 bits per heavy atom. The Bertz CT molecular complexity index is 850. The molecule has 1 atom stereocenters. The van der Waals surface area contributed by atoms with Gasteiger partial charge in [-0.3, -0.25) is 4.79 Å². The maximum absolute atomic E-state index is 11.6. The number of carboxylic acid groups (broad SMARTS) is 1. The van der Waals surface area contributed by atoms with Crippen LogP contribution in [0.5, 0.6) is 0 Å². The zero-order valence-electron chi connectivity index (χ0n) is 18.8. The van der Waals surface area contributed by atoms with Crippen LogP contribution in [0.15, 0.2) is 34.9 Å². The van der Waals surface area contributed by atoms with Crippen molar-refractivity contribution in [1.82, 2.24) is 5.16 Å². The lowest BCUT2D eigenvalue weighted by molar-refractivity contribution is -0.137. The molecule has 0 saturated heterocycles. The largest absolute Gasteiger partial charge is 0.481 e. The van der Waals surface area contributed by atoms with Gasteiger partial charge in [0.15, 0.2) is 0 Å². The van der Waals surface area contributed by atoms with Crippen LogP contribution >= 0.6 is 0 Å². The highest BCUT2D eigenvalue weighted by molar-refractivity contribution is 5.68. The SMILES string of the molecule is CC(C)CC1CC(c2onc(C(CCOCc3ccccc3)CC(=O)O)c2C2CC2)C1. The fourth-order valence-electron chi connectivity index (χ4n) is 5.04. The zero-order valence-corrected chi connectivity index (χ0v) is 18.8. The quantitative estimate of drug-likeness (QED) is 0.407. The molecule has 1 aromatic heterocycles. The van der Waals surface area contributed by atoms with Crippen molar-refractivity contribution >= 4 is 5.97 Å². The summed E-state index contributed by atoms with van der Waals surface area (Å²) in [6.07, 6.45) is 6.66. The number of ether oxygens (including phenoxy) is 1. The molecule has 0 radical (unpaired) electrons. The molecule has 2 aliphatic carbocycles. The Hall–Kier alpha value is -2.14. The van der Waals surface area contributed by atoms with E-state index in [1.165, 1.54) is 24.8 Å². The molecule has 2 aromatic rings. The highest BCUT2D eigenvalue weighted by Gasteiger charge is 2.41. The predicted octanol–water partition coefficient (Wildman–Crippen LogP) is 6.26. The van der Waals surface area contributed by atoms with Gasteiger partial charge in [-0.05, 0) is 61.8 Å². The summed E-state index contributed by atoms with van der Waals surface area (Å²) >= 11 is 0. The van der Waals surface area contributed by atoms with E-state index in [1.807, 2.05) is 30.3 Å². The van der Waals surface area contributed by atoms with Crippen molar-refractivity contribution in [3.8, 4) is 0 Å². The highest BCUT2D eigenvalue weighted by Crippen LogP contribution is 2.52. The summed E-state index contributed by atoms with van der Waals surface area (Å²) in [4.78, 5) is 11.6. The van der Waals surface area contributed by atoms with Crippen LogP contribution in [0.4, 0.5) is 0 Å². The molecule has 0 amide bonds. The van der Waals surface area contributed by atoms with E-state index in [-0.39, 0.29) is 12.3 Å². The molecule has 2 fully saturated rings. The Balaban J connectivity index is 1.41. The molecule has 1 heterocycles. The van der Waals surface area contributed by atoms with E-state index in [1.54, 1.807) is 0 Å². The minimum absolute atomic E-state index is 0.0705. The fraction of sp³-hybridized carbons (Fsp3) is 0.615. The number of rotatable bonds is 12. The number of hydrogen-bond acceptors (Lipinski definition) is 4. The molecule has 2 aliphatic rings. The molecule has 0 bridgehead atoms. The topological polar surface area (TPSA) is 72.6 Å². The Morgan fingerprint density at radius 2 is 1.94 bits per heavy atom. The van der Waals surface area contributed by atoms with E-state index in [0.29, 0.717) is 31.5 Å². The molecular formula is C26H35NO4. The van der Waals surface area contributed by atoms with Gasteiger partial charge in [-0.15, -0.1) is 0 Å². The van der Waals surface area contributed by atoms with Gasteiger partial charge < -0.3 is 14.4 Å². The molecule has 4 rings (SSSR count). The van der Waals surface area contributed by atoms with Crippen molar-refractivity contribution in [2.45, 2.75) is 83.2 Å². The maximum atomic E-state index is 11.6. The first-order valence-electron chi connectivity index (χ1n) is 11.8. The number of nitrogens with zero attached hydrogens (tertiary/aromatic N) is 1. The monoisotopic (exact) mass is 425 g/mol. The molecule has 1 aromatic carbocycles. The average molecular weight is 426 g/mol. The summed E-state index contributed by atoms with van der Waals surface area (Å²) < 4.78 is 11.8. The van der Waals surface area contributed by atoms with Crippen LogP contribution in [0.2, 0.25) is 0 Å². The second-order valence-corrected chi connectivity index (χ2v) is 9.91. The lowest BCUT2D eigenvalue weighted by Crippen LogP contribution is -2.23. The molecule has 31 heavy (non-hydrogen) atoms. The lowest BCUT2D eigenvalue weighted by atomic mass is 9.69. The van der Waals surface area contributed by atoms with E-state index >= 15 is 0 Å². The summed E-state index contributed by atoms with van der Waals surface area (Å²) in [6, 6.07) is 10.1. The number of carbonyl (C=O) groups is 1. The predicted molar refractivity (Wildman–Crippen MR) is 119 cm³/mol. The van der Waals surface area contributed by atoms with Gasteiger partial charge in [-0.25, -0.2) is 0 Å². The van der Waals surface area contributed by atoms with E-state index in [0.717, 1.165) is 41.7 Å². The molecule has 0 aliphatic heterocycles. The number of benzene rings is 1. The van der Waals surface area contributed by atoms with Crippen molar-refractivity contribution in [2.24, 2.45) is 11.8 Å². The van der Waals surface area contributed by atoms with Gasteiger partial charge in [0.05, 0.1) is 18.7 Å². The first-order chi connectivity index (χ1) is 15.0. The Labute approximate surface area is 185 Å². The summed E-state index contributed by atoms with van der Waals surface area (Å²) in [5, 5.41) is 14.0. The Kier molecular flexibility index (Phi) is 7.11. The van der Waals surface area contributed by atoms with Gasteiger partial charge in [0, 0.05) is 24.0 Å². The van der Waals surface area contributed by atoms with Crippen molar-refractivity contribution in [3.63, 3.8) is 0 Å². The molecule has 5 nitrogen and oxygen atoms in total. The van der Waals surface area contributed by atoms with Crippen LogP contribution in [-0.4, -0.2) is 22.8 Å². The van der Waals surface area contributed by atoms with Crippen LogP contribution in [-0.2, 0) is 16.1 Å². The second kappa shape index (κ2) is 9.99. The third kappa shape index (κ3) is 5.76. The molecule has 0 spiro atoms. The lowest BCUT2D eigenvalue weighted by Gasteiger charge is -2.35. The van der Waals surface area contributed by atoms with E-state index < -0.39 is 5.97 Å².